The van der Waals surface area contributed by atoms with Crippen molar-refractivity contribution in [2.45, 2.75) is 33.6 Å². The second kappa shape index (κ2) is 6.04. The summed E-state index contributed by atoms with van der Waals surface area (Å²) in [7, 11) is 0. The van der Waals surface area contributed by atoms with Gasteiger partial charge >= 0.3 is 0 Å². The van der Waals surface area contributed by atoms with E-state index in [1.54, 1.807) is 0 Å². The molecule has 0 atom stereocenters. The Balaban J connectivity index is 2.61. The van der Waals surface area contributed by atoms with E-state index in [1.807, 2.05) is 12.2 Å². The zero-order valence-electron chi connectivity index (χ0n) is 12.8. The van der Waals surface area contributed by atoms with Gasteiger partial charge in [0.25, 0.3) is 0 Å². The lowest BCUT2D eigenvalue weighted by atomic mass is 9.86. The molecule has 1 heterocycles. The highest BCUT2D eigenvalue weighted by atomic mass is 14.8. The quantitative estimate of drug-likeness (QED) is 0.626. The monoisotopic (exact) mass is 265 g/mol. The van der Waals surface area contributed by atoms with Crippen molar-refractivity contribution in [2.75, 3.05) is 6.54 Å². The van der Waals surface area contributed by atoms with Gasteiger partial charge in [-0.15, -0.1) is 0 Å². The van der Waals surface area contributed by atoms with E-state index in [2.05, 4.69) is 51.1 Å². The van der Waals surface area contributed by atoms with Gasteiger partial charge in [-0.25, -0.2) is 0 Å². The minimum absolute atomic E-state index is 0.778. The first kappa shape index (κ1) is 14.5. The molecule has 0 radical (unpaired) electrons. The summed E-state index contributed by atoms with van der Waals surface area (Å²) in [6.07, 6.45) is 10.8. The molecular formula is C19H23N. The molecule has 20 heavy (non-hydrogen) atoms. The average Bonchev–Trinajstić information content (AvgIpc) is 2.82. The highest BCUT2D eigenvalue weighted by molar-refractivity contribution is 6.06. The first-order valence-electron chi connectivity index (χ1n) is 7.18. The molecule has 0 aromatic rings. The van der Waals surface area contributed by atoms with Gasteiger partial charge in [0.1, 0.15) is 0 Å². The molecule has 0 bridgehead atoms. The lowest BCUT2D eigenvalue weighted by Gasteiger charge is -2.17. The van der Waals surface area contributed by atoms with E-state index in [4.69, 9.17) is 0 Å². The molecule has 1 heteroatoms. The zero-order chi connectivity index (χ0) is 14.7. The Kier molecular flexibility index (Phi) is 4.39. The van der Waals surface area contributed by atoms with E-state index in [-0.39, 0.29) is 0 Å². The van der Waals surface area contributed by atoms with Crippen molar-refractivity contribution >= 4 is 5.71 Å². The van der Waals surface area contributed by atoms with Crippen LogP contribution in [0.4, 0.5) is 0 Å². The van der Waals surface area contributed by atoms with E-state index >= 15 is 0 Å². The van der Waals surface area contributed by atoms with Crippen LogP contribution in [0.1, 0.15) is 33.6 Å². The number of rotatable bonds is 4. The van der Waals surface area contributed by atoms with Gasteiger partial charge in [-0.3, -0.25) is 4.99 Å². The highest BCUT2D eigenvalue weighted by Gasteiger charge is 2.23. The second-order valence-electron chi connectivity index (χ2n) is 5.34. The Bertz CT molecular complexity index is 604. The standard InChI is InChI=1S/C19H23N/c1-6-13(3)16(7-2)19-15(5)20-12-18(19)17-11-9-8-10-14(17)4/h6-7,10-11H,1-2,8-9,12H2,3-5H3/b16-13-. The third-order valence-electron chi connectivity index (χ3n) is 4.06. The summed E-state index contributed by atoms with van der Waals surface area (Å²) in [6, 6.07) is 0. The Labute approximate surface area is 122 Å². The largest absolute Gasteiger partial charge is 0.285 e. The van der Waals surface area contributed by atoms with Gasteiger partial charge in [0.2, 0.25) is 0 Å². The molecule has 0 fully saturated rings. The molecule has 1 aliphatic heterocycles. The Morgan fingerprint density at radius 3 is 2.45 bits per heavy atom. The molecule has 0 spiro atoms. The van der Waals surface area contributed by atoms with Crippen molar-refractivity contribution in [1.29, 1.82) is 0 Å². The van der Waals surface area contributed by atoms with Crippen molar-refractivity contribution in [3.05, 3.63) is 70.9 Å². The molecule has 0 saturated carbocycles. The van der Waals surface area contributed by atoms with Crippen LogP contribution in [0.25, 0.3) is 0 Å². The van der Waals surface area contributed by atoms with E-state index in [0.717, 1.165) is 36.2 Å². The lowest BCUT2D eigenvalue weighted by Crippen LogP contribution is -2.04. The predicted octanol–water partition coefficient (Wildman–Crippen LogP) is 5.11. The molecule has 2 aliphatic rings. The molecule has 0 amide bonds. The predicted molar refractivity (Wildman–Crippen MR) is 89.2 cm³/mol. The van der Waals surface area contributed by atoms with Crippen molar-refractivity contribution in [1.82, 2.24) is 0 Å². The van der Waals surface area contributed by atoms with E-state index in [1.165, 1.54) is 22.3 Å². The molecule has 0 unspecified atom stereocenters. The van der Waals surface area contributed by atoms with Crippen LogP contribution >= 0.6 is 0 Å². The lowest BCUT2D eigenvalue weighted by molar-refractivity contribution is 0.984. The first-order valence-corrected chi connectivity index (χ1v) is 7.18. The molecule has 1 nitrogen and oxygen atoms in total. The normalized spacial score (nSPS) is 20.1. The van der Waals surface area contributed by atoms with Crippen LogP contribution in [-0.2, 0) is 0 Å². The zero-order valence-corrected chi connectivity index (χ0v) is 12.8. The maximum absolute atomic E-state index is 4.65. The van der Waals surface area contributed by atoms with E-state index in [0.29, 0.717) is 0 Å². The van der Waals surface area contributed by atoms with Crippen LogP contribution in [0.2, 0.25) is 0 Å². The third-order valence-corrected chi connectivity index (χ3v) is 4.06. The summed E-state index contributed by atoms with van der Waals surface area (Å²) in [4.78, 5) is 4.65. The van der Waals surface area contributed by atoms with Crippen LogP contribution in [-0.4, -0.2) is 12.3 Å². The summed E-state index contributed by atoms with van der Waals surface area (Å²) in [5.41, 5.74) is 8.74. The van der Waals surface area contributed by atoms with Gasteiger partial charge in [0, 0.05) is 11.3 Å². The summed E-state index contributed by atoms with van der Waals surface area (Å²) < 4.78 is 0. The number of hydrogen-bond acceptors (Lipinski definition) is 1. The van der Waals surface area contributed by atoms with Crippen molar-refractivity contribution in [3.63, 3.8) is 0 Å². The minimum Gasteiger partial charge on any atom is -0.285 e. The number of hydrogen-bond donors (Lipinski definition) is 0. The number of allylic oxidation sites excluding steroid dienone is 8. The fraction of sp³-hybridized carbons (Fsp3) is 0.316. The van der Waals surface area contributed by atoms with E-state index in [9.17, 15) is 0 Å². The molecule has 0 aromatic carbocycles. The fourth-order valence-corrected chi connectivity index (χ4v) is 2.88. The average molecular weight is 265 g/mol. The summed E-state index contributed by atoms with van der Waals surface area (Å²) in [6.45, 7) is 15.0. The van der Waals surface area contributed by atoms with Gasteiger partial charge in [0.15, 0.2) is 0 Å². The molecule has 1 aliphatic carbocycles. The van der Waals surface area contributed by atoms with Crippen LogP contribution in [0, 0.1) is 0 Å². The fourth-order valence-electron chi connectivity index (χ4n) is 2.88. The van der Waals surface area contributed by atoms with E-state index < -0.39 is 0 Å². The maximum atomic E-state index is 4.65. The first-order chi connectivity index (χ1) is 9.60. The SMILES string of the molecule is C=C/C(C)=C(/C=C)C1=C(C2=CCCC=C2C)CN=C1C. The highest BCUT2D eigenvalue weighted by Crippen LogP contribution is 2.35. The summed E-state index contributed by atoms with van der Waals surface area (Å²) >= 11 is 0. The number of aliphatic imine (C=N–C) groups is 1. The van der Waals surface area contributed by atoms with Crippen LogP contribution < -0.4 is 0 Å². The Morgan fingerprint density at radius 1 is 1.15 bits per heavy atom. The Hall–Kier alpha value is -1.89. The molecule has 0 saturated heterocycles. The van der Waals surface area contributed by atoms with Gasteiger partial charge in [-0.05, 0) is 61.5 Å². The van der Waals surface area contributed by atoms with Crippen LogP contribution in [0.3, 0.4) is 0 Å². The van der Waals surface area contributed by atoms with Gasteiger partial charge in [-0.2, -0.15) is 0 Å². The second-order valence-corrected chi connectivity index (χ2v) is 5.34. The maximum Gasteiger partial charge on any atom is 0.0655 e. The summed E-state index contributed by atoms with van der Waals surface area (Å²) in [5.74, 6) is 0. The molecule has 2 rings (SSSR count). The minimum atomic E-state index is 0.778. The van der Waals surface area contributed by atoms with Crippen molar-refractivity contribution in [2.24, 2.45) is 4.99 Å². The van der Waals surface area contributed by atoms with Gasteiger partial charge < -0.3 is 0 Å². The topological polar surface area (TPSA) is 12.4 Å². The Morgan fingerprint density at radius 2 is 1.85 bits per heavy atom. The third kappa shape index (κ3) is 2.53. The van der Waals surface area contributed by atoms with Crippen molar-refractivity contribution < 1.29 is 0 Å². The van der Waals surface area contributed by atoms with Gasteiger partial charge in [-0.1, -0.05) is 37.5 Å². The van der Waals surface area contributed by atoms with Crippen LogP contribution in [0.5, 0.6) is 0 Å². The molecule has 0 aromatic heterocycles. The number of nitrogens with zero attached hydrogens (tertiary/aromatic N) is 1. The van der Waals surface area contributed by atoms with Gasteiger partial charge in [0.05, 0.1) is 6.54 Å². The van der Waals surface area contributed by atoms with Crippen LogP contribution in [0.15, 0.2) is 75.9 Å². The molecular weight excluding hydrogens is 242 g/mol. The molecule has 0 N–H and O–H groups in total. The van der Waals surface area contributed by atoms with Crippen molar-refractivity contribution in [3.8, 4) is 0 Å². The molecule has 104 valence electrons. The smallest absolute Gasteiger partial charge is 0.0655 e. The summed E-state index contributed by atoms with van der Waals surface area (Å²) in [5, 5.41) is 0.